The van der Waals surface area contributed by atoms with Gasteiger partial charge in [-0.3, -0.25) is 4.79 Å². The number of benzene rings is 2. The number of anilines is 1. The van der Waals surface area contributed by atoms with Crippen LogP contribution in [0.2, 0.25) is 0 Å². The van der Waals surface area contributed by atoms with Crippen molar-refractivity contribution in [3.8, 4) is 5.69 Å². The summed E-state index contributed by atoms with van der Waals surface area (Å²) in [6.45, 7) is 5.36. The number of carbonyl (C=O) groups excluding carboxylic acids is 2. The van der Waals surface area contributed by atoms with Gasteiger partial charge in [0.05, 0.1) is 17.8 Å². The van der Waals surface area contributed by atoms with Gasteiger partial charge in [0.2, 0.25) is 5.91 Å². The minimum atomic E-state index is -0.212. The summed E-state index contributed by atoms with van der Waals surface area (Å²) in [5.41, 5.74) is 3.53. The lowest BCUT2D eigenvalue weighted by Gasteiger charge is -2.27. The zero-order valence-corrected chi connectivity index (χ0v) is 17.5. The van der Waals surface area contributed by atoms with Gasteiger partial charge >= 0.3 is 6.03 Å². The van der Waals surface area contributed by atoms with Crippen LogP contribution in [0, 0.1) is 0 Å². The largest absolute Gasteiger partial charge is 0.331 e. The molecule has 0 aliphatic carbocycles. The summed E-state index contributed by atoms with van der Waals surface area (Å²) in [7, 11) is 1.77. The van der Waals surface area contributed by atoms with Gasteiger partial charge in [-0.1, -0.05) is 24.3 Å². The maximum Gasteiger partial charge on any atom is 0.318 e. The summed E-state index contributed by atoms with van der Waals surface area (Å²) in [4.78, 5) is 29.7. The lowest BCUT2D eigenvalue weighted by Crippen LogP contribution is -2.40. The van der Waals surface area contributed by atoms with Crippen molar-refractivity contribution >= 4 is 17.6 Å². The van der Waals surface area contributed by atoms with E-state index in [9.17, 15) is 9.59 Å². The Morgan fingerprint density at radius 2 is 1.80 bits per heavy atom. The molecule has 0 aliphatic rings. The molecule has 2 aromatic carbocycles. The fourth-order valence-electron chi connectivity index (χ4n) is 3.11. The number of aromatic nitrogens is 3. The van der Waals surface area contributed by atoms with E-state index in [0.717, 1.165) is 16.8 Å². The molecule has 0 aliphatic heterocycles. The van der Waals surface area contributed by atoms with E-state index in [-0.39, 0.29) is 24.0 Å². The highest BCUT2D eigenvalue weighted by atomic mass is 16.2. The van der Waals surface area contributed by atoms with Crippen LogP contribution in [0.15, 0.2) is 61.2 Å². The molecular formula is C22H26N6O2. The number of urea groups is 1. The summed E-state index contributed by atoms with van der Waals surface area (Å²) < 4.78 is 1.68. The minimum Gasteiger partial charge on any atom is -0.331 e. The van der Waals surface area contributed by atoms with E-state index in [0.29, 0.717) is 5.69 Å². The summed E-state index contributed by atoms with van der Waals surface area (Å²) in [6.07, 6.45) is 3.13. The highest BCUT2D eigenvalue weighted by Gasteiger charge is 2.19. The highest BCUT2D eigenvalue weighted by Crippen LogP contribution is 2.22. The molecule has 0 spiro atoms. The quantitative estimate of drug-likeness (QED) is 0.653. The minimum absolute atomic E-state index is 0.118. The Bertz CT molecular complexity index is 1000. The maximum absolute atomic E-state index is 12.8. The number of hydrogen-bond acceptors (Lipinski definition) is 4. The molecule has 0 fully saturated rings. The summed E-state index contributed by atoms with van der Waals surface area (Å²) in [5, 5.41) is 9.89. The van der Waals surface area contributed by atoms with Gasteiger partial charge in [-0.05, 0) is 49.2 Å². The molecule has 2 atom stereocenters. The third-order valence-corrected chi connectivity index (χ3v) is 5.01. The van der Waals surface area contributed by atoms with Crippen molar-refractivity contribution in [2.75, 3.05) is 12.4 Å². The SMILES string of the molecule is CC(=O)Nc1cccc([C@H](C)NC(=O)N(C)[C@@H](C)c2ccc(-n3cncn3)cc2)c1. The molecule has 0 bridgehead atoms. The first kappa shape index (κ1) is 21.0. The third kappa shape index (κ3) is 5.02. The highest BCUT2D eigenvalue weighted by molar-refractivity contribution is 5.88. The van der Waals surface area contributed by atoms with Crippen molar-refractivity contribution in [3.63, 3.8) is 0 Å². The predicted molar refractivity (Wildman–Crippen MR) is 115 cm³/mol. The van der Waals surface area contributed by atoms with Gasteiger partial charge in [-0.25, -0.2) is 14.5 Å². The average molecular weight is 406 g/mol. The third-order valence-electron chi connectivity index (χ3n) is 5.01. The molecule has 8 nitrogen and oxygen atoms in total. The number of hydrogen-bond donors (Lipinski definition) is 2. The number of carbonyl (C=O) groups is 2. The van der Waals surface area contributed by atoms with Crippen molar-refractivity contribution < 1.29 is 9.59 Å². The molecule has 1 heterocycles. The van der Waals surface area contributed by atoms with Crippen molar-refractivity contribution in [2.45, 2.75) is 32.9 Å². The van der Waals surface area contributed by atoms with Crippen LogP contribution in [0.3, 0.4) is 0 Å². The predicted octanol–water partition coefficient (Wildman–Crippen LogP) is 3.69. The molecule has 0 radical (unpaired) electrons. The smallest absolute Gasteiger partial charge is 0.318 e. The number of nitrogens with one attached hydrogen (secondary N) is 2. The Morgan fingerprint density at radius 3 is 2.43 bits per heavy atom. The zero-order valence-electron chi connectivity index (χ0n) is 17.5. The Labute approximate surface area is 175 Å². The van der Waals surface area contributed by atoms with Crippen molar-refractivity contribution in [1.29, 1.82) is 0 Å². The molecule has 0 saturated heterocycles. The van der Waals surface area contributed by atoms with Crippen molar-refractivity contribution in [1.82, 2.24) is 25.0 Å². The molecule has 3 aromatic rings. The molecule has 30 heavy (non-hydrogen) atoms. The Kier molecular flexibility index (Phi) is 6.46. The van der Waals surface area contributed by atoms with Crippen LogP contribution in [0.4, 0.5) is 10.5 Å². The first-order valence-corrected chi connectivity index (χ1v) is 9.71. The summed E-state index contributed by atoms with van der Waals surface area (Å²) >= 11 is 0. The number of rotatable bonds is 6. The van der Waals surface area contributed by atoms with E-state index < -0.39 is 0 Å². The van der Waals surface area contributed by atoms with Crippen LogP contribution in [-0.4, -0.2) is 38.7 Å². The maximum atomic E-state index is 12.8. The Hall–Kier alpha value is -3.68. The van der Waals surface area contributed by atoms with Gasteiger partial charge in [0.25, 0.3) is 0 Å². The second kappa shape index (κ2) is 9.21. The van der Waals surface area contributed by atoms with Gasteiger partial charge in [0.15, 0.2) is 0 Å². The number of nitrogens with zero attached hydrogens (tertiary/aromatic N) is 4. The fourth-order valence-corrected chi connectivity index (χ4v) is 3.11. The van der Waals surface area contributed by atoms with Crippen LogP contribution in [0.1, 0.15) is 44.0 Å². The van der Waals surface area contributed by atoms with E-state index in [1.165, 1.54) is 13.3 Å². The summed E-state index contributed by atoms with van der Waals surface area (Å²) in [6, 6.07) is 14.8. The van der Waals surface area contributed by atoms with Crippen LogP contribution in [0.25, 0.3) is 5.69 Å². The van der Waals surface area contributed by atoms with E-state index in [1.54, 1.807) is 23.0 Å². The monoisotopic (exact) mass is 406 g/mol. The Morgan fingerprint density at radius 1 is 1.07 bits per heavy atom. The molecule has 0 unspecified atom stereocenters. The molecule has 1 aromatic heterocycles. The van der Waals surface area contributed by atoms with E-state index >= 15 is 0 Å². The molecule has 156 valence electrons. The molecular weight excluding hydrogens is 380 g/mol. The molecule has 3 amide bonds. The fraction of sp³-hybridized carbons (Fsp3) is 0.273. The lowest BCUT2D eigenvalue weighted by atomic mass is 10.1. The van der Waals surface area contributed by atoms with Gasteiger partial charge in [-0.2, -0.15) is 5.10 Å². The first-order valence-electron chi connectivity index (χ1n) is 9.71. The van der Waals surface area contributed by atoms with E-state index in [4.69, 9.17) is 0 Å². The lowest BCUT2D eigenvalue weighted by molar-refractivity contribution is -0.114. The van der Waals surface area contributed by atoms with Gasteiger partial charge in [0, 0.05) is 19.7 Å². The zero-order chi connectivity index (χ0) is 21.7. The van der Waals surface area contributed by atoms with Crippen molar-refractivity contribution in [3.05, 3.63) is 72.3 Å². The van der Waals surface area contributed by atoms with Crippen LogP contribution in [0.5, 0.6) is 0 Å². The Balaban J connectivity index is 1.64. The van der Waals surface area contributed by atoms with Crippen molar-refractivity contribution in [2.24, 2.45) is 0 Å². The number of amides is 3. The van der Waals surface area contributed by atoms with Crippen LogP contribution < -0.4 is 10.6 Å². The molecule has 3 rings (SSSR count). The first-order chi connectivity index (χ1) is 14.3. The molecule has 2 N–H and O–H groups in total. The molecule has 8 heteroatoms. The summed E-state index contributed by atoms with van der Waals surface area (Å²) in [5.74, 6) is -0.132. The van der Waals surface area contributed by atoms with Gasteiger partial charge in [-0.15, -0.1) is 0 Å². The topological polar surface area (TPSA) is 92.2 Å². The van der Waals surface area contributed by atoms with Gasteiger partial charge in [0.1, 0.15) is 12.7 Å². The van der Waals surface area contributed by atoms with Gasteiger partial charge < -0.3 is 15.5 Å². The second-order valence-corrected chi connectivity index (χ2v) is 7.20. The van der Waals surface area contributed by atoms with Crippen LogP contribution >= 0.6 is 0 Å². The normalized spacial score (nSPS) is 12.7. The molecule has 0 saturated carbocycles. The second-order valence-electron chi connectivity index (χ2n) is 7.20. The van der Waals surface area contributed by atoms with Crippen LogP contribution in [-0.2, 0) is 4.79 Å². The van der Waals surface area contributed by atoms with E-state index in [1.807, 2.05) is 62.4 Å². The van der Waals surface area contributed by atoms with E-state index in [2.05, 4.69) is 20.7 Å². The standard InChI is InChI=1S/C22H26N6O2/c1-15(19-6-5-7-20(12-19)26-17(3)29)25-22(30)27(4)16(2)18-8-10-21(11-9-18)28-14-23-13-24-28/h5-16H,1-4H3,(H,25,30)(H,26,29)/t15-,16-/m0/s1. The average Bonchev–Trinajstić information content (AvgIpc) is 3.27.